The van der Waals surface area contributed by atoms with Crippen molar-refractivity contribution in [1.29, 1.82) is 0 Å². The number of benzene rings is 8. The van der Waals surface area contributed by atoms with Crippen LogP contribution in [0.5, 0.6) is 0 Å². The van der Waals surface area contributed by atoms with E-state index in [-0.39, 0.29) is 0 Å². The zero-order valence-electron chi connectivity index (χ0n) is 26.3. The fraction of sp³-hybridized carbons (Fsp3) is 0. The van der Waals surface area contributed by atoms with Gasteiger partial charge in [-0.1, -0.05) is 152 Å². The summed E-state index contributed by atoms with van der Waals surface area (Å²) in [5.41, 5.74) is 5.39. The van der Waals surface area contributed by atoms with E-state index in [0.717, 1.165) is 16.7 Å². The van der Waals surface area contributed by atoms with Crippen molar-refractivity contribution >= 4 is 63.8 Å². The quantitative estimate of drug-likeness (QED) is 0.180. The van der Waals surface area contributed by atoms with E-state index in [2.05, 4.69) is 127 Å². The first-order chi connectivity index (χ1) is 24.3. The number of aromatic nitrogens is 3. The predicted molar refractivity (Wildman–Crippen MR) is 207 cm³/mol. The number of fused-ring (bicyclic) bond motifs is 10. The second kappa shape index (κ2) is 11.2. The molecule has 49 heavy (non-hydrogen) atoms. The van der Waals surface area contributed by atoms with E-state index in [4.69, 9.17) is 15.0 Å². The molecule has 0 saturated carbocycles. The topological polar surface area (TPSA) is 38.7 Å². The number of nitrogens with zero attached hydrogens (tertiary/aromatic N) is 3. The maximum atomic E-state index is 5.10. The van der Waals surface area contributed by atoms with Gasteiger partial charge >= 0.3 is 0 Å². The Hall–Kier alpha value is -6.23. The van der Waals surface area contributed by atoms with E-state index in [1.807, 2.05) is 47.7 Å². The molecule has 228 valence electrons. The molecule has 4 heteroatoms. The molecule has 3 nitrogen and oxygen atoms in total. The lowest BCUT2D eigenvalue weighted by Gasteiger charge is -2.13. The van der Waals surface area contributed by atoms with Crippen LogP contribution in [0.4, 0.5) is 0 Å². The van der Waals surface area contributed by atoms with Gasteiger partial charge in [0, 0.05) is 42.2 Å². The Balaban J connectivity index is 1.27. The van der Waals surface area contributed by atoms with Crippen LogP contribution in [0.3, 0.4) is 0 Å². The van der Waals surface area contributed by atoms with Crippen LogP contribution in [0.25, 0.3) is 97.8 Å². The monoisotopic (exact) mass is 641 g/mol. The van der Waals surface area contributed by atoms with Crippen molar-refractivity contribution in [2.45, 2.75) is 0 Å². The SMILES string of the molecule is c1ccc(-c2ccc3c4ccccc4c4c(ccc5c6cccc(-c7nc(-c8ccccc8)nc(-c8ccccc8)n7)c6sc54)c3c2)cc1. The molecule has 0 aliphatic rings. The van der Waals surface area contributed by atoms with Crippen LogP contribution >= 0.6 is 11.3 Å². The second-order valence-electron chi connectivity index (χ2n) is 12.4. The van der Waals surface area contributed by atoms with E-state index < -0.39 is 0 Å². The fourth-order valence-electron chi connectivity index (χ4n) is 7.21. The average molecular weight is 642 g/mol. The van der Waals surface area contributed by atoms with Crippen molar-refractivity contribution in [1.82, 2.24) is 15.0 Å². The van der Waals surface area contributed by atoms with Crippen molar-refractivity contribution in [3.8, 4) is 45.3 Å². The summed E-state index contributed by atoms with van der Waals surface area (Å²) in [6, 6.07) is 57.9. The number of rotatable bonds is 4. The van der Waals surface area contributed by atoms with Crippen molar-refractivity contribution in [3.63, 3.8) is 0 Å². The zero-order valence-corrected chi connectivity index (χ0v) is 27.2. The van der Waals surface area contributed by atoms with Gasteiger partial charge in [0.2, 0.25) is 0 Å². The van der Waals surface area contributed by atoms with Crippen molar-refractivity contribution < 1.29 is 0 Å². The summed E-state index contributed by atoms with van der Waals surface area (Å²) in [6.07, 6.45) is 0. The Morgan fingerprint density at radius 1 is 0.306 bits per heavy atom. The lowest BCUT2D eigenvalue weighted by molar-refractivity contribution is 1.08. The second-order valence-corrected chi connectivity index (χ2v) is 13.4. The Morgan fingerprint density at radius 3 is 1.49 bits per heavy atom. The van der Waals surface area contributed by atoms with Crippen LogP contribution < -0.4 is 0 Å². The molecule has 2 aromatic heterocycles. The number of hydrogen-bond donors (Lipinski definition) is 0. The third-order valence-corrected chi connectivity index (χ3v) is 10.8. The molecule has 0 spiro atoms. The van der Waals surface area contributed by atoms with Gasteiger partial charge in [0.25, 0.3) is 0 Å². The molecule has 10 aromatic rings. The summed E-state index contributed by atoms with van der Waals surface area (Å²) >= 11 is 1.84. The standard InChI is InChI=1S/C45H27N3S/c1-4-13-28(14-5-1)31-23-24-33-32-19-10-11-20-34(32)40-35(39(33)27-31)25-26-37-36-21-12-22-38(41(36)49-42(37)40)45-47-43(29-15-6-2-7-16-29)46-44(48-45)30-17-8-3-9-18-30/h1-27H. The van der Waals surface area contributed by atoms with Gasteiger partial charge in [-0.05, 0) is 50.2 Å². The van der Waals surface area contributed by atoms with E-state index in [9.17, 15) is 0 Å². The number of thiophene rings is 1. The summed E-state index contributed by atoms with van der Waals surface area (Å²) in [5, 5.41) is 10.1. The molecule has 10 rings (SSSR count). The summed E-state index contributed by atoms with van der Waals surface area (Å²) in [4.78, 5) is 15.1. The molecular weight excluding hydrogens is 615 g/mol. The highest BCUT2D eigenvalue weighted by molar-refractivity contribution is 7.27. The van der Waals surface area contributed by atoms with Gasteiger partial charge in [-0.25, -0.2) is 15.0 Å². The van der Waals surface area contributed by atoms with Gasteiger partial charge in [0.15, 0.2) is 17.5 Å². The molecule has 0 fully saturated rings. The van der Waals surface area contributed by atoms with Crippen LogP contribution in [0.1, 0.15) is 0 Å². The molecule has 0 N–H and O–H groups in total. The first kappa shape index (κ1) is 27.8. The van der Waals surface area contributed by atoms with Crippen molar-refractivity contribution in [3.05, 3.63) is 164 Å². The Bertz CT molecular complexity index is 2800. The van der Waals surface area contributed by atoms with E-state index in [1.165, 1.54) is 63.6 Å². The molecule has 0 radical (unpaired) electrons. The van der Waals surface area contributed by atoms with Crippen LogP contribution in [0.2, 0.25) is 0 Å². The van der Waals surface area contributed by atoms with E-state index in [1.54, 1.807) is 0 Å². The van der Waals surface area contributed by atoms with Crippen molar-refractivity contribution in [2.24, 2.45) is 0 Å². The first-order valence-corrected chi connectivity index (χ1v) is 17.3. The summed E-state index contributed by atoms with van der Waals surface area (Å²) < 4.78 is 2.46. The Kier molecular flexibility index (Phi) is 6.36. The minimum Gasteiger partial charge on any atom is -0.208 e. The van der Waals surface area contributed by atoms with Crippen LogP contribution in [0.15, 0.2) is 164 Å². The fourth-order valence-corrected chi connectivity index (χ4v) is 8.58. The summed E-state index contributed by atoms with van der Waals surface area (Å²) in [7, 11) is 0. The smallest absolute Gasteiger partial charge is 0.165 e. The molecule has 0 unspecified atom stereocenters. The van der Waals surface area contributed by atoms with Crippen molar-refractivity contribution in [2.75, 3.05) is 0 Å². The highest BCUT2D eigenvalue weighted by Gasteiger charge is 2.19. The first-order valence-electron chi connectivity index (χ1n) is 16.5. The van der Waals surface area contributed by atoms with Gasteiger partial charge in [0.05, 0.1) is 0 Å². The maximum absolute atomic E-state index is 5.10. The van der Waals surface area contributed by atoms with Crippen LogP contribution in [-0.4, -0.2) is 15.0 Å². The normalized spacial score (nSPS) is 11.7. The highest BCUT2D eigenvalue weighted by Crippen LogP contribution is 2.46. The molecule has 8 aromatic carbocycles. The minimum atomic E-state index is 0.666. The third-order valence-electron chi connectivity index (χ3n) is 9.51. The van der Waals surface area contributed by atoms with Gasteiger partial charge in [-0.2, -0.15) is 0 Å². The van der Waals surface area contributed by atoms with Gasteiger partial charge < -0.3 is 0 Å². The lowest BCUT2D eigenvalue weighted by atomic mass is 9.91. The highest BCUT2D eigenvalue weighted by atomic mass is 32.1. The van der Waals surface area contributed by atoms with Crippen LogP contribution in [0, 0.1) is 0 Å². The van der Waals surface area contributed by atoms with Gasteiger partial charge in [-0.3, -0.25) is 0 Å². The largest absolute Gasteiger partial charge is 0.208 e. The minimum absolute atomic E-state index is 0.666. The molecule has 0 aliphatic carbocycles. The Morgan fingerprint density at radius 2 is 0.796 bits per heavy atom. The average Bonchev–Trinajstić information content (AvgIpc) is 3.58. The predicted octanol–water partition coefficient (Wildman–Crippen LogP) is 12.4. The molecular formula is C45H27N3S. The molecule has 0 saturated heterocycles. The summed E-state index contributed by atoms with van der Waals surface area (Å²) in [6.45, 7) is 0. The molecule has 2 heterocycles. The lowest BCUT2D eigenvalue weighted by Crippen LogP contribution is -2.00. The molecule has 0 aliphatic heterocycles. The van der Waals surface area contributed by atoms with Crippen LogP contribution in [-0.2, 0) is 0 Å². The van der Waals surface area contributed by atoms with E-state index >= 15 is 0 Å². The van der Waals surface area contributed by atoms with Gasteiger partial charge in [0.1, 0.15) is 0 Å². The molecule has 0 amide bonds. The molecule has 0 bridgehead atoms. The molecule has 0 atom stereocenters. The Labute approximate surface area is 286 Å². The maximum Gasteiger partial charge on any atom is 0.165 e. The zero-order chi connectivity index (χ0) is 32.3. The van der Waals surface area contributed by atoms with Gasteiger partial charge in [-0.15, -0.1) is 11.3 Å². The number of hydrogen-bond acceptors (Lipinski definition) is 4. The van der Waals surface area contributed by atoms with E-state index in [0.29, 0.717) is 17.5 Å². The summed E-state index contributed by atoms with van der Waals surface area (Å²) in [5.74, 6) is 2.01. The third kappa shape index (κ3) is 4.53.